The van der Waals surface area contributed by atoms with Crippen molar-refractivity contribution in [1.82, 2.24) is 9.55 Å². The number of halogens is 2. The monoisotopic (exact) mass is 415 g/mol. The van der Waals surface area contributed by atoms with Crippen LogP contribution in [0.2, 0.25) is 0 Å². The lowest BCUT2D eigenvalue weighted by Gasteiger charge is -2.18. The molecule has 0 saturated heterocycles. The fraction of sp³-hybridized carbons (Fsp3) is 0.286. The number of para-hydroxylation sites is 2. The van der Waals surface area contributed by atoms with Crippen molar-refractivity contribution < 1.29 is 13.6 Å². The van der Waals surface area contributed by atoms with Gasteiger partial charge in [-0.2, -0.15) is 0 Å². The average molecular weight is 415 g/mol. The van der Waals surface area contributed by atoms with Gasteiger partial charge in [0.05, 0.1) is 16.7 Å². The first-order chi connectivity index (χ1) is 14.0. The zero-order valence-corrected chi connectivity index (χ0v) is 16.3. The Morgan fingerprint density at radius 1 is 1.10 bits per heavy atom. The summed E-state index contributed by atoms with van der Waals surface area (Å²) in [5, 5.41) is 3.26. The van der Waals surface area contributed by atoms with E-state index < -0.39 is 23.2 Å². The first kappa shape index (κ1) is 19.6. The Hall–Kier alpha value is -2.74. The minimum atomic E-state index is -0.838. The summed E-state index contributed by atoms with van der Waals surface area (Å²) in [5.74, 6) is -2.37. The van der Waals surface area contributed by atoms with Crippen molar-refractivity contribution in [3.8, 4) is 0 Å². The fourth-order valence-corrected chi connectivity index (χ4v) is 4.50. The Balaban J connectivity index is 1.61. The van der Waals surface area contributed by atoms with Crippen molar-refractivity contribution in [2.24, 2.45) is 0 Å². The van der Waals surface area contributed by atoms with Gasteiger partial charge in [-0.25, -0.2) is 13.8 Å². The Morgan fingerprint density at radius 3 is 2.52 bits per heavy atom. The van der Waals surface area contributed by atoms with Crippen LogP contribution in [0.4, 0.5) is 14.5 Å². The lowest BCUT2D eigenvalue weighted by atomic mass is 10.2. The molecule has 0 unspecified atom stereocenters. The Labute approximate surface area is 170 Å². The van der Waals surface area contributed by atoms with Crippen molar-refractivity contribution in [2.45, 2.75) is 36.9 Å². The van der Waals surface area contributed by atoms with Gasteiger partial charge in [0.25, 0.3) is 5.56 Å². The predicted octanol–water partition coefficient (Wildman–Crippen LogP) is 4.52. The standard InChI is InChI=1S/C21H19F2N3O2S/c22-15-9-5-10-16(23)19(15)25-18(27)12-29-21-24-17-11-4-3-8-14(17)20(28)26(21)13-6-1-2-7-13/h3-5,8-11,13H,1-2,6-7,12H2,(H,25,27). The molecule has 3 aromatic rings. The number of carbonyl (C=O) groups is 1. The van der Waals surface area contributed by atoms with E-state index in [9.17, 15) is 18.4 Å². The molecule has 1 amide bonds. The molecule has 0 aliphatic heterocycles. The highest BCUT2D eigenvalue weighted by Crippen LogP contribution is 2.32. The van der Waals surface area contributed by atoms with Gasteiger partial charge >= 0.3 is 0 Å². The summed E-state index contributed by atoms with van der Waals surface area (Å²) in [4.78, 5) is 30.0. The number of nitrogens with one attached hydrogen (secondary N) is 1. The maximum atomic E-state index is 13.8. The number of amides is 1. The van der Waals surface area contributed by atoms with Crippen LogP contribution in [0.1, 0.15) is 31.7 Å². The smallest absolute Gasteiger partial charge is 0.262 e. The Morgan fingerprint density at radius 2 is 1.79 bits per heavy atom. The van der Waals surface area contributed by atoms with Crippen molar-refractivity contribution in [3.05, 3.63) is 64.5 Å². The predicted molar refractivity (Wildman–Crippen MR) is 109 cm³/mol. The summed E-state index contributed by atoms with van der Waals surface area (Å²) >= 11 is 1.10. The highest BCUT2D eigenvalue weighted by atomic mass is 32.2. The molecule has 0 atom stereocenters. The topological polar surface area (TPSA) is 64.0 Å². The number of aromatic nitrogens is 2. The quantitative estimate of drug-likeness (QED) is 0.492. The van der Waals surface area contributed by atoms with Gasteiger partial charge in [0.1, 0.15) is 17.3 Å². The highest BCUT2D eigenvalue weighted by molar-refractivity contribution is 7.99. The Kier molecular flexibility index (Phi) is 5.62. The molecule has 1 saturated carbocycles. The zero-order chi connectivity index (χ0) is 20.4. The molecular weight excluding hydrogens is 396 g/mol. The van der Waals surface area contributed by atoms with Gasteiger partial charge in [0, 0.05) is 6.04 Å². The van der Waals surface area contributed by atoms with Crippen LogP contribution in [0.5, 0.6) is 0 Å². The van der Waals surface area contributed by atoms with Crippen LogP contribution >= 0.6 is 11.8 Å². The molecule has 1 heterocycles. The minimum absolute atomic E-state index is 0.0502. The normalized spacial score (nSPS) is 14.4. The van der Waals surface area contributed by atoms with Crippen LogP contribution in [0, 0.1) is 11.6 Å². The van der Waals surface area contributed by atoms with Crippen molar-refractivity contribution in [1.29, 1.82) is 0 Å². The maximum absolute atomic E-state index is 13.8. The second-order valence-electron chi connectivity index (χ2n) is 6.96. The summed E-state index contributed by atoms with van der Waals surface area (Å²) in [5.41, 5.74) is -0.0295. The third-order valence-corrected chi connectivity index (χ3v) is 5.98. The highest BCUT2D eigenvalue weighted by Gasteiger charge is 2.23. The van der Waals surface area contributed by atoms with Crippen molar-refractivity contribution >= 4 is 34.3 Å². The molecule has 1 N–H and O–H groups in total. The number of rotatable bonds is 5. The Bertz CT molecular complexity index is 1110. The van der Waals surface area contributed by atoms with E-state index in [-0.39, 0.29) is 17.4 Å². The number of hydrogen-bond acceptors (Lipinski definition) is 4. The van der Waals surface area contributed by atoms with E-state index in [4.69, 9.17) is 0 Å². The number of thioether (sulfide) groups is 1. The fourth-order valence-electron chi connectivity index (χ4n) is 3.63. The van der Waals surface area contributed by atoms with Crippen molar-refractivity contribution in [3.63, 3.8) is 0 Å². The summed E-state index contributed by atoms with van der Waals surface area (Å²) in [6, 6.07) is 10.5. The van der Waals surface area contributed by atoms with Crippen LogP contribution < -0.4 is 10.9 Å². The molecule has 1 aliphatic carbocycles. The summed E-state index contributed by atoms with van der Waals surface area (Å²) in [6.07, 6.45) is 3.86. The average Bonchev–Trinajstić information content (AvgIpc) is 3.24. The van der Waals surface area contributed by atoms with Gasteiger partial charge in [-0.3, -0.25) is 14.2 Å². The number of anilines is 1. The van der Waals surface area contributed by atoms with E-state index in [2.05, 4.69) is 10.3 Å². The molecule has 0 radical (unpaired) electrons. The number of nitrogens with zero attached hydrogens (tertiary/aromatic N) is 2. The molecule has 0 spiro atoms. The van der Waals surface area contributed by atoms with Crippen LogP contribution in [0.25, 0.3) is 10.9 Å². The number of fused-ring (bicyclic) bond motifs is 1. The second kappa shape index (κ2) is 8.32. The van der Waals surface area contributed by atoms with Crippen LogP contribution in [-0.4, -0.2) is 21.2 Å². The summed E-state index contributed by atoms with van der Waals surface area (Å²) < 4.78 is 29.2. The van der Waals surface area contributed by atoms with Gasteiger partial charge in [-0.15, -0.1) is 0 Å². The second-order valence-corrected chi connectivity index (χ2v) is 7.90. The van der Waals surface area contributed by atoms with Gasteiger partial charge in [-0.1, -0.05) is 42.8 Å². The van der Waals surface area contributed by atoms with E-state index in [1.54, 1.807) is 28.8 Å². The molecule has 4 rings (SSSR count). The van der Waals surface area contributed by atoms with Gasteiger partial charge in [-0.05, 0) is 37.1 Å². The number of benzene rings is 2. The van der Waals surface area contributed by atoms with Crippen LogP contribution in [0.3, 0.4) is 0 Å². The van der Waals surface area contributed by atoms with E-state index in [0.29, 0.717) is 16.1 Å². The molecular formula is C21H19F2N3O2S. The van der Waals surface area contributed by atoms with E-state index >= 15 is 0 Å². The molecule has 1 aromatic heterocycles. The first-order valence-corrected chi connectivity index (χ1v) is 10.4. The molecule has 5 nitrogen and oxygen atoms in total. The molecule has 2 aromatic carbocycles. The third-order valence-electron chi connectivity index (χ3n) is 5.02. The lowest BCUT2D eigenvalue weighted by Crippen LogP contribution is -2.27. The van der Waals surface area contributed by atoms with Crippen molar-refractivity contribution in [2.75, 3.05) is 11.1 Å². The summed E-state index contributed by atoms with van der Waals surface area (Å²) in [7, 11) is 0. The molecule has 150 valence electrons. The third kappa shape index (κ3) is 4.03. The zero-order valence-electron chi connectivity index (χ0n) is 15.5. The SMILES string of the molecule is O=C(CSc1nc2ccccc2c(=O)n1C1CCCC1)Nc1c(F)cccc1F. The summed E-state index contributed by atoms with van der Waals surface area (Å²) in [6.45, 7) is 0. The van der Waals surface area contributed by atoms with Crippen LogP contribution in [-0.2, 0) is 4.79 Å². The van der Waals surface area contributed by atoms with Crippen LogP contribution in [0.15, 0.2) is 52.4 Å². The van der Waals surface area contributed by atoms with E-state index in [1.165, 1.54) is 6.07 Å². The van der Waals surface area contributed by atoms with Gasteiger partial charge in [0.15, 0.2) is 5.16 Å². The van der Waals surface area contributed by atoms with Gasteiger partial charge < -0.3 is 5.32 Å². The number of hydrogen-bond donors (Lipinski definition) is 1. The molecule has 8 heteroatoms. The minimum Gasteiger partial charge on any atom is -0.320 e. The molecule has 1 fully saturated rings. The van der Waals surface area contributed by atoms with E-state index in [0.717, 1.165) is 49.6 Å². The van der Waals surface area contributed by atoms with Gasteiger partial charge in [0.2, 0.25) is 5.91 Å². The molecule has 1 aliphatic rings. The molecule has 29 heavy (non-hydrogen) atoms. The maximum Gasteiger partial charge on any atom is 0.262 e. The largest absolute Gasteiger partial charge is 0.320 e. The number of carbonyl (C=O) groups excluding carboxylic acids is 1. The lowest BCUT2D eigenvalue weighted by molar-refractivity contribution is -0.113. The van der Waals surface area contributed by atoms with E-state index in [1.807, 2.05) is 0 Å². The first-order valence-electron chi connectivity index (χ1n) is 9.42. The molecule has 0 bridgehead atoms.